The minimum atomic E-state index is -0.505. The lowest BCUT2D eigenvalue weighted by atomic mass is 10.2. The summed E-state index contributed by atoms with van der Waals surface area (Å²) in [4.78, 5) is 33.3. The van der Waals surface area contributed by atoms with E-state index in [0.29, 0.717) is 31.8 Å². The van der Waals surface area contributed by atoms with Gasteiger partial charge in [-0.25, -0.2) is 14.8 Å². The molecule has 1 N–H and O–H groups in total. The highest BCUT2D eigenvalue weighted by Gasteiger charge is 2.18. The number of nitrogens with one attached hydrogen (secondary N) is 1. The highest BCUT2D eigenvalue weighted by atomic mass is 32.1. The van der Waals surface area contributed by atoms with E-state index >= 15 is 0 Å². The van der Waals surface area contributed by atoms with Gasteiger partial charge in [0, 0.05) is 17.8 Å². The SMILES string of the molecule is COC(=O)c1ccc(C(=O)Nc2nc(-c3ccc(OC)nc3)c(C#N)s2)s1. The molecule has 27 heavy (non-hydrogen) atoms. The summed E-state index contributed by atoms with van der Waals surface area (Å²) in [6.07, 6.45) is 1.54. The molecule has 0 saturated carbocycles. The molecule has 0 aliphatic heterocycles. The van der Waals surface area contributed by atoms with Gasteiger partial charge in [0.25, 0.3) is 5.91 Å². The van der Waals surface area contributed by atoms with Gasteiger partial charge in [0.05, 0.1) is 19.1 Å². The number of pyridine rings is 1. The van der Waals surface area contributed by atoms with E-state index in [1.165, 1.54) is 26.4 Å². The number of rotatable bonds is 5. The van der Waals surface area contributed by atoms with E-state index in [-0.39, 0.29) is 5.13 Å². The average Bonchev–Trinajstić information content (AvgIpc) is 3.34. The predicted molar refractivity (Wildman–Crippen MR) is 100 cm³/mol. The quantitative estimate of drug-likeness (QED) is 0.654. The molecule has 3 aromatic rings. The average molecular weight is 400 g/mol. The number of aromatic nitrogens is 2. The molecule has 0 spiro atoms. The molecule has 0 aliphatic rings. The van der Waals surface area contributed by atoms with E-state index < -0.39 is 11.9 Å². The molecule has 3 rings (SSSR count). The van der Waals surface area contributed by atoms with Gasteiger partial charge in [0.15, 0.2) is 5.13 Å². The Bertz CT molecular complexity index is 1030. The maximum Gasteiger partial charge on any atom is 0.348 e. The first kappa shape index (κ1) is 18.5. The van der Waals surface area contributed by atoms with Crippen LogP contribution in [0.1, 0.15) is 24.2 Å². The van der Waals surface area contributed by atoms with Gasteiger partial charge in [0.2, 0.25) is 5.88 Å². The maximum absolute atomic E-state index is 12.4. The largest absolute Gasteiger partial charge is 0.481 e. The van der Waals surface area contributed by atoms with Crippen LogP contribution in [0.5, 0.6) is 5.88 Å². The van der Waals surface area contributed by atoms with Crippen molar-refractivity contribution in [3.8, 4) is 23.2 Å². The molecule has 0 unspecified atom stereocenters. The highest BCUT2D eigenvalue weighted by Crippen LogP contribution is 2.31. The standard InChI is InChI=1S/C17H12N4O4S2/c1-24-13-6-3-9(8-19-13)14-12(7-18)27-17(20-14)21-15(22)10-4-5-11(26-10)16(23)25-2/h3-6,8H,1-2H3,(H,20,21,22). The fourth-order valence-corrected chi connectivity index (χ4v) is 3.71. The molecular weight excluding hydrogens is 388 g/mol. The third kappa shape index (κ3) is 3.94. The molecule has 136 valence electrons. The molecule has 0 aliphatic carbocycles. The molecule has 3 aromatic heterocycles. The number of amides is 1. The second-order valence-electron chi connectivity index (χ2n) is 5.01. The smallest absolute Gasteiger partial charge is 0.348 e. The monoisotopic (exact) mass is 400 g/mol. The maximum atomic E-state index is 12.4. The van der Waals surface area contributed by atoms with Crippen LogP contribution in [-0.4, -0.2) is 36.1 Å². The summed E-state index contributed by atoms with van der Waals surface area (Å²) < 4.78 is 9.64. The number of carbonyl (C=O) groups excluding carboxylic acids is 2. The van der Waals surface area contributed by atoms with Gasteiger partial charge in [0.1, 0.15) is 21.5 Å². The van der Waals surface area contributed by atoms with Gasteiger partial charge >= 0.3 is 5.97 Å². The second-order valence-corrected chi connectivity index (χ2v) is 7.09. The van der Waals surface area contributed by atoms with Gasteiger partial charge < -0.3 is 9.47 Å². The van der Waals surface area contributed by atoms with E-state index in [9.17, 15) is 14.9 Å². The van der Waals surface area contributed by atoms with Crippen molar-refractivity contribution < 1.29 is 19.1 Å². The van der Waals surface area contributed by atoms with Crippen molar-refractivity contribution >= 4 is 39.7 Å². The number of methoxy groups -OCH3 is 2. The Morgan fingerprint density at radius 2 is 1.93 bits per heavy atom. The Labute approximate surface area is 162 Å². The molecule has 1 amide bonds. The summed E-state index contributed by atoms with van der Waals surface area (Å²) >= 11 is 2.07. The van der Waals surface area contributed by atoms with Crippen molar-refractivity contribution in [2.24, 2.45) is 0 Å². The van der Waals surface area contributed by atoms with Gasteiger partial charge in [-0.1, -0.05) is 11.3 Å². The Balaban J connectivity index is 1.82. The number of hydrogen-bond acceptors (Lipinski definition) is 9. The minimum absolute atomic E-state index is 0.274. The molecule has 0 saturated heterocycles. The van der Waals surface area contributed by atoms with Crippen LogP contribution in [-0.2, 0) is 4.74 Å². The molecule has 0 atom stereocenters. The molecule has 10 heteroatoms. The first-order valence-corrected chi connectivity index (χ1v) is 9.10. The van der Waals surface area contributed by atoms with Crippen molar-refractivity contribution in [1.29, 1.82) is 5.26 Å². The predicted octanol–water partition coefficient (Wildman–Crippen LogP) is 3.19. The van der Waals surface area contributed by atoms with Gasteiger partial charge in [-0.05, 0) is 18.2 Å². The van der Waals surface area contributed by atoms with E-state index in [4.69, 9.17) is 4.74 Å². The van der Waals surface area contributed by atoms with Crippen LogP contribution >= 0.6 is 22.7 Å². The van der Waals surface area contributed by atoms with Gasteiger partial charge in [-0.3, -0.25) is 10.1 Å². The normalized spacial score (nSPS) is 10.1. The number of ether oxygens (including phenoxy) is 2. The fraction of sp³-hybridized carbons (Fsp3) is 0.118. The first-order chi connectivity index (χ1) is 13.0. The number of esters is 1. The lowest BCUT2D eigenvalue weighted by Crippen LogP contribution is -2.09. The van der Waals surface area contributed by atoms with Crippen molar-refractivity contribution in [1.82, 2.24) is 9.97 Å². The molecule has 0 aromatic carbocycles. The molecular formula is C17H12N4O4S2. The number of nitriles is 1. The summed E-state index contributed by atoms with van der Waals surface area (Å²) in [7, 11) is 2.78. The highest BCUT2D eigenvalue weighted by molar-refractivity contribution is 7.17. The van der Waals surface area contributed by atoms with Gasteiger partial charge in [-0.15, -0.1) is 11.3 Å². The zero-order valence-corrected chi connectivity index (χ0v) is 15.8. The Kier molecular flexibility index (Phi) is 5.44. The Hall–Kier alpha value is -3.29. The molecule has 8 nitrogen and oxygen atoms in total. The number of hydrogen-bond donors (Lipinski definition) is 1. The van der Waals surface area contributed by atoms with Crippen molar-refractivity contribution in [3.63, 3.8) is 0 Å². The molecule has 3 heterocycles. The molecule has 0 radical (unpaired) electrons. The van der Waals surface area contributed by atoms with E-state index in [1.807, 2.05) is 0 Å². The molecule has 0 fully saturated rings. The summed E-state index contributed by atoms with van der Waals surface area (Å²) in [6, 6.07) is 8.51. The second kappa shape index (κ2) is 7.94. The Morgan fingerprint density at radius 3 is 2.56 bits per heavy atom. The zero-order chi connectivity index (χ0) is 19.4. The van der Waals surface area contributed by atoms with Crippen molar-refractivity contribution in [2.45, 2.75) is 0 Å². The van der Waals surface area contributed by atoms with Gasteiger partial charge in [-0.2, -0.15) is 5.26 Å². The van der Waals surface area contributed by atoms with E-state index in [2.05, 4.69) is 26.1 Å². The fourth-order valence-electron chi connectivity index (χ4n) is 2.12. The lowest BCUT2D eigenvalue weighted by molar-refractivity contribution is 0.0606. The topological polar surface area (TPSA) is 114 Å². The van der Waals surface area contributed by atoms with Crippen LogP contribution < -0.4 is 10.1 Å². The van der Waals surface area contributed by atoms with Crippen LogP contribution in [0, 0.1) is 11.3 Å². The van der Waals surface area contributed by atoms with Crippen molar-refractivity contribution in [3.05, 3.63) is 45.1 Å². The van der Waals surface area contributed by atoms with Crippen molar-refractivity contribution in [2.75, 3.05) is 19.5 Å². The molecule has 0 bridgehead atoms. The summed E-state index contributed by atoms with van der Waals surface area (Å²) in [5.74, 6) is -0.484. The number of thiazole rings is 1. The van der Waals surface area contributed by atoms with Crippen LogP contribution in [0.25, 0.3) is 11.3 Å². The third-order valence-corrected chi connectivity index (χ3v) is 5.32. The number of nitrogens with zero attached hydrogens (tertiary/aromatic N) is 3. The minimum Gasteiger partial charge on any atom is -0.481 e. The van der Waals surface area contributed by atoms with Crippen LogP contribution in [0.2, 0.25) is 0 Å². The third-order valence-electron chi connectivity index (χ3n) is 3.38. The van der Waals surface area contributed by atoms with E-state index in [0.717, 1.165) is 22.7 Å². The van der Waals surface area contributed by atoms with Crippen LogP contribution in [0.4, 0.5) is 5.13 Å². The van der Waals surface area contributed by atoms with Crippen LogP contribution in [0.15, 0.2) is 30.5 Å². The first-order valence-electron chi connectivity index (χ1n) is 7.46. The summed E-state index contributed by atoms with van der Waals surface area (Å²) in [6.45, 7) is 0. The zero-order valence-electron chi connectivity index (χ0n) is 14.2. The van der Waals surface area contributed by atoms with Crippen LogP contribution in [0.3, 0.4) is 0 Å². The summed E-state index contributed by atoms with van der Waals surface area (Å²) in [5.41, 5.74) is 1.06. The number of anilines is 1. The lowest BCUT2D eigenvalue weighted by Gasteiger charge is -2.00. The Morgan fingerprint density at radius 1 is 1.15 bits per heavy atom. The summed E-state index contributed by atoms with van der Waals surface area (Å²) in [5, 5.41) is 12.3. The van der Waals surface area contributed by atoms with E-state index in [1.54, 1.807) is 18.3 Å². The number of carbonyl (C=O) groups is 2. The number of thiophene rings is 1.